The molecule has 4 heteroatoms. The summed E-state index contributed by atoms with van der Waals surface area (Å²) in [5.74, 6) is 1.37. The summed E-state index contributed by atoms with van der Waals surface area (Å²) in [5, 5.41) is 0.343. The number of benzene rings is 3. The zero-order valence-corrected chi connectivity index (χ0v) is 17.4. The van der Waals surface area contributed by atoms with Crippen LogP contribution in [0.4, 0.5) is 0 Å². The lowest BCUT2D eigenvalue weighted by molar-refractivity contribution is 0.308. The minimum Gasteiger partial charge on any atom is -0.488 e. The first-order chi connectivity index (χ1) is 13.4. The predicted molar refractivity (Wildman–Crippen MR) is 115 cm³/mol. The van der Waals surface area contributed by atoms with Crippen LogP contribution in [0.1, 0.15) is 26.3 Å². The first kappa shape index (κ1) is 18.8. The second kappa shape index (κ2) is 7.14. The third-order valence-corrected chi connectivity index (χ3v) is 9.06. The molecule has 0 bridgehead atoms. The van der Waals surface area contributed by atoms with E-state index < -0.39 is 12.3 Å². The molecule has 1 aliphatic rings. The Bertz CT molecular complexity index is 1020. The van der Waals surface area contributed by atoms with Crippen LogP contribution in [0.3, 0.4) is 0 Å². The van der Waals surface area contributed by atoms with Gasteiger partial charge in [-0.15, -0.1) is 0 Å². The van der Waals surface area contributed by atoms with Crippen LogP contribution in [0, 0.1) is 0 Å². The summed E-state index contributed by atoms with van der Waals surface area (Å²) >= 11 is 0. The van der Waals surface area contributed by atoms with E-state index in [-0.39, 0.29) is 6.35 Å². The van der Waals surface area contributed by atoms with Gasteiger partial charge in [0.2, 0.25) is 0 Å². The van der Waals surface area contributed by atoms with Crippen LogP contribution < -0.4 is 14.8 Å². The molecule has 0 radical (unpaired) electrons. The third-order valence-electron chi connectivity index (χ3n) is 5.25. The second-order valence-corrected chi connectivity index (χ2v) is 11.6. The van der Waals surface area contributed by atoms with Crippen molar-refractivity contribution in [1.29, 1.82) is 0 Å². The van der Waals surface area contributed by atoms with E-state index in [0.717, 1.165) is 22.0 Å². The van der Waals surface area contributed by atoms with Gasteiger partial charge in [-0.05, 0) is 23.3 Å². The van der Waals surface area contributed by atoms with Crippen LogP contribution in [0.15, 0.2) is 72.8 Å². The minimum atomic E-state index is -2.80. The van der Waals surface area contributed by atoms with Crippen molar-refractivity contribution in [1.82, 2.24) is 0 Å². The Hall–Kier alpha value is -2.51. The van der Waals surface area contributed by atoms with Crippen molar-refractivity contribution >= 4 is 12.4 Å². The van der Waals surface area contributed by atoms with Gasteiger partial charge in [0, 0.05) is 10.7 Å². The van der Waals surface area contributed by atoms with Crippen LogP contribution in [0.2, 0.25) is 0 Å². The zero-order chi connectivity index (χ0) is 19.8. The van der Waals surface area contributed by atoms with Crippen LogP contribution in [0.25, 0.3) is 11.1 Å². The molecule has 3 aromatic rings. The van der Waals surface area contributed by atoms with Gasteiger partial charge in [0.25, 0.3) is 0 Å². The number of ether oxygens (including phenoxy) is 2. The highest BCUT2D eigenvalue weighted by Gasteiger charge is 2.48. The molecule has 1 heterocycles. The molecule has 0 aliphatic carbocycles. The fourth-order valence-corrected chi connectivity index (χ4v) is 5.99. The first-order valence-electron chi connectivity index (χ1n) is 9.52. The quantitative estimate of drug-likeness (QED) is 0.506. The van der Waals surface area contributed by atoms with Crippen LogP contribution in [-0.2, 0) is 11.2 Å². The van der Waals surface area contributed by atoms with Crippen molar-refractivity contribution in [3.63, 3.8) is 0 Å². The monoisotopic (exact) mass is 392 g/mol. The highest BCUT2D eigenvalue weighted by atomic mass is 31.2. The maximum Gasteiger partial charge on any atom is 0.163 e. The van der Waals surface area contributed by atoms with Gasteiger partial charge < -0.3 is 14.0 Å². The van der Waals surface area contributed by atoms with Crippen molar-refractivity contribution in [3.8, 4) is 22.6 Å². The summed E-state index contributed by atoms with van der Waals surface area (Å²) in [5.41, 5.74) is 3.09. The van der Waals surface area contributed by atoms with Crippen molar-refractivity contribution < 1.29 is 14.0 Å². The topological polar surface area (TPSA) is 35.5 Å². The molecular formula is C24H25O3P. The summed E-state index contributed by atoms with van der Waals surface area (Å²) in [6.45, 7) is 6.48. The molecule has 4 rings (SSSR count). The van der Waals surface area contributed by atoms with Gasteiger partial charge in [0.05, 0.1) is 5.30 Å². The molecule has 0 saturated heterocycles. The fourth-order valence-electron chi connectivity index (χ4n) is 3.49. The summed E-state index contributed by atoms with van der Waals surface area (Å²) in [6.07, 6.45) is 0.220. The Morgan fingerprint density at radius 1 is 0.929 bits per heavy atom. The van der Waals surface area contributed by atoms with E-state index >= 15 is 0 Å². The number of hydrogen-bond donors (Lipinski definition) is 0. The maximum atomic E-state index is 14.1. The molecule has 0 aromatic heterocycles. The molecule has 0 N–H and O–H groups in total. The molecule has 3 nitrogen and oxygen atoms in total. The number of rotatable bonds is 4. The van der Waals surface area contributed by atoms with E-state index in [0.29, 0.717) is 18.1 Å². The molecule has 3 aromatic carbocycles. The van der Waals surface area contributed by atoms with Crippen molar-refractivity contribution in [2.75, 3.05) is 6.35 Å². The Balaban J connectivity index is 1.82. The number of fused-ring (bicyclic) bond motifs is 1. The van der Waals surface area contributed by atoms with Gasteiger partial charge >= 0.3 is 0 Å². The number of hydrogen-bond acceptors (Lipinski definition) is 3. The Morgan fingerprint density at radius 3 is 2.21 bits per heavy atom. The molecule has 0 saturated carbocycles. The molecule has 0 fully saturated rings. The smallest absolute Gasteiger partial charge is 0.163 e. The van der Waals surface area contributed by atoms with Gasteiger partial charge in [-0.2, -0.15) is 0 Å². The largest absolute Gasteiger partial charge is 0.488 e. The maximum absolute atomic E-state index is 14.1. The molecule has 28 heavy (non-hydrogen) atoms. The van der Waals surface area contributed by atoms with E-state index in [2.05, 4.69) is 0 Å². The average Bonchev–Trinajstić information content (AvgIpc) is 3.07. The lowest BCUT2D eigenvalue weighted by Crippen LogP contribution is -2.23. The van der Waals surface area contributed by atoms with E-state index in [4.69, 9.17) is 9.47 Å². The van der Waals surface area contributed by atoms with Crippen molar-refractivity contribution in [2.45, 2.75) is 32.5 Å². The van der Waals surface area contributed by atoms with Gasteiger partial charge in [0.15, 0.2) is 7.14 Å². The predicted octanol–water partition coefficient (Wildman–Crippen LogP) is 6.07. The molecule has 1 atom stereocenters. The van der Waals surface area contributed by atoms with Gasteiger partial charge in [-0.25, -0.2) is 0 Å². The molecule has 0 spiro atoms. The molecular weight excluding hydrogens is 367 g/mol. The van der Waals surface area contributed by atoms with Crippen molar-refractivity contribution in [3.05, 3.63) is 78.4 Å². The Morgan fingerprint density at radius 2 is 1.57 bits per heavy atom. The molecule has 0 amide bonds. The molecule has 1 aliphatic heterocycles. The standard InChI is InChI=1S/C24H25O3P/c1-24(2,3)28(25)17-27-22-20(19-12-8-5-9-13-19)14-15-21(23(22)28)26-16-18-10-6-4-7-11-18/h4-15H,16-17H2,1-3H3. The van der Waals surface area contributed by atoms with Crippen LogP contribution in [-0.4, -0.2) is 11.5 Å². The lowest BCUT2D eigenvalue weighted by Gasteiger charge is -2.27. The van der Waals surface area contributed by atoms with Gasteiger partial charge in [-0.1, -0.05) is 81.4 Å². The van der Waals surface area contributed by atoms with E-state index in [1.54, 1.807) is 0 Å². The molecule has 1 unspecified atom stereocenters. The van der Waals surface area contributed by atoms with E-state index in [9.17, 15) is 4.57 Å². The Kier molecular flexibility index (Phi) is 4.81. The second-order valence-electron chi connectivity index (χ2n) is 8.11. The summed E-state index contributed by atoms with van der Waals surface area (Å²) in [6, 6.07) is 24.0. The highest BCUT2D eigenvalue weighted by molar-refractivity contribution is 7.73. The Labute approximate surface area is 166 Å². The summed E-state index contributed by atoms with van der Waals surface area (Å²) < 4.78 is 26.3. The first-order valence-corrected chi connectivity index (χ1v) is 11.4. The van der Waals surface area contributed by atoms with Gasteiger partial charge in [-0.3, -0.25) is 0 Å². The van der Waals surface area contributed by atoms with E-state index in [1.165, 1.54) is 0 Å². The SMILES string of the molecule is CC(C)(C)P1(=O)COc2c(-c3ccccc3)ccc(OCc3ccccc3)c21. The minimum absolute atomic E-state index is 0.220. The van der Waals surface area contributed by atoms with Crippen molar-refractivity contribution in [2.24, 2.45) is 0 Å². The summed E-state index contributed by atoms with van der Waals surface area (Å²) in [7, 11) is -2.80. The van der Waals surface area contributed by atoms with E-state index in [1.807, 2.05) is 93.6 Å². The normalized spacial score (nSPS) is 18.4. The van der Waals surface area contributed by atoms with Crippen LogP contribution in [0.5, 0.6) is 11.5 Å². The fraction of sp³-hybridized carbons (Fsp3) is 0.250. The molecule has 144 valence electrons. The lowest BCUT2D eigenvalue weighted by atomic mass is 10.0. The average molecular weight is 392 g/mol. The third kappa shape index (κ3) is 3.25. The zero-order valence-electron chi connectivity index (χ0n) is 16.5. The van der Waals surface area contributed by atoms with Crippen LogP contribution >= 0.6 is 7.14 Å². The van der Waals surface area contributed by atoms with Gasteiger partial charge in [0.1, 0.15) is 24.5 Å². The summed E-state index contributed by atoms with van der Waals surface area (Å²) in [4.78, 5) is 0. The highest BCUT2D eigenvalue weighted by Crippen LogP contribution is 2.64.